The Bertz CT molecular complexity index is 246. The lowest BCUT2D eigenvalue weighted by Gasteiger charge is -2.08. The minimum absolute atomic E-state index is 0.329. The Balaban J connectivity index is 2.59. The van der Waals surface area contributed by atoms with Gasteiger partial charge in [-0.05, 0) is 24.3 Å². The maximum absolute atomic E-state index is 11.1. The van der Waals surface area contributed by atoms with E-state index in [0.717, 1.165) is 0 Å². The van der Waals surface area contributed by atoms with Gasteiger partial charge < -0.3 is 4.74 Å². The highest BCUT2D eigenvalue weighted by Crippen LogP contribution is 2.03. The highest BCUT2D eigenvalue weighted by Gasteiger charge is 2.16. The molecule has 6 nitrogen and oxygen atoms in total. The summed E-state index contributed by atoms with van der Waals surface area (Å²) < 4.78 is 6.12. The summed E-state index contributed by atoms with van der Waals surface area (Å²) >= 11 is 0. The van der Waals surface area contributed by atoms with Gasteiger partial charge in [0, 0.05) is 0 Å². The van der Waals surface area contributed by atoms with Crippen molar-refractivity contribution in [3.8, 4) is 0 Å². The maximum Gasteiger partial charge on any atom is 0.330 e. The lowest BCUT2D eigenvalue weighted by molar-refractivity contribution is -0.146. The molecule has 0 saturated heterocycles. The molecule has 0 fully saturated rings. The summed E-state index contributed by atoms with van der Waals surface area (Å²) in [6.45, 7) is 3.80. The summed E-state index contributed by atoms with van der Waals surface area (Å²) in [4.78, 5) is 11.1. The molecule has 0 amide bonds. The van der Waals surface area contributed by atoms with Gasteiger partial charge in [0.25, 0.3) is 0 Å². The minimum Gasteiger partial charge on any atom is -0.464 e. The van der Waals surface area contributed by atoms with Crippen molar-refractivity contribution in [2.45, 2.75) is 19.9 Å². The van der Waals surface area contributed by atoms with Crippen LogP contribution in [-0.2, 0) is 9.53 Å². The summed E-state index contributed by atoms with van der Waals surface area (Å²) in [7, 11) is 0. The molecule has 0 aliphatic carbocycles. The maximum atomic E-state index is 11.1. The molecule has 1 heterocycles. The smallest absolute Gasteiger partial charge is 0.330 e. The average Bonchev–Trinajstić information content (AvgIpc) is 2.55. The van der Waals surface area contributed by atoms with E-state index in [1.807, 2.05) is 0 Å². The van der Waals surface area contributed by atoms with Crippen molar-refractivity contribution >= 4 is 5.97 Å². The predicted molar refractivity (Wildman–Crippen MR) is 39.2 cm³/mol. The van der Waals surface area contributed by atoms with E-state index >= 15 is 0 Å². The molecule has 0 aliphatic heterocycles. The normalized spacial score (nSPS) is 12.5. The van der Waals surface area contributed by atoms with Crippen LogP contribution in [0.3, 0.4) is 0 Å². The van der Waals surface area contributed by atoms with Crippen molar-refractivity contribution < 1.29 is 9.53 Å². The van der Waals surface area contributed by atoms with Crippen LogP contribution in [0.2, 0.25) is 0 Å². The molecule has 0 saturated carbocycles. The molecular formula is C6H10N4O2. The van der Waals surface area contributed by atoms with Gasteiger partial charge in [0.1, 0.15) is 12.4 Å². The molecule has 0 N–H and O–H groups in total. The van der Waals surface area contributed by atoms with Gasteiger partial charge in [-0.3, -0.25) is 0 Å². The highest BCUT2D eigenvalue weighted by molar-refractivity contribution is 5.73. The van der Waals surface area contributed by atoms with Crippen LogP contribution < -0.4 is 0 Å². The van der Waals surface area contributed by atoms with Crippen molar-refractivity contribution in [1.82, 2.24) is 20.2 Å². The molecule has 1 aromatic heterocycles. The van der Waals surface area contributed by atoms with Gasteiger partial charge in [0.05, 0.1) is 6.61 Å². The third kappa shape index (κ3) is 1.77. The second-order valence-corrected chi connectivity index (χ2v) is 2.22. The predicted octanol–water partition coefficient (Wildman–Crippen LogP) is -0.203. The first kappa shape index (κ1) is 8.63. The standard InChI is InChI=1S/C6H10N4O2/c1-3-12-6(11)5(2)10-4-7-8-9-10/h4-5H,3H2,1-2H3. The number of tetrazole rings is 1. The van der Waals surface area contributed by atoms with E-state index in [9.17, 15) is 4.79 Å². The molecule has 1 rings (SSSR count). The molecule has 1 atom stereocenters. The number of nitrogens with zero attached hydrogens (tertiary/aromatic N) is 4. The Kier molecular flexibility index (Phi) is 2.73. The third-order valence-electron chi connectivity index (χ3n) is 1.39. The number of hydrogen-bond donors (Lipinski definition) is 0. The van der Waals surface area contributed by atoms with Crippen LogP contribution in [0, 0.1) is 0 Å². The van der Waals surface area contributed by atoms with E-state index in [4.69, 9.17) is 4.74 Å². The van der Waals surface area contributed by atoms with Crippen molar-refractivity contribution in [2.24, 2.45) is 0 Å². The van der Waals surface area contributed by atoms with Crippen LogP contribution in [0.15, 0.2) is 6.33 Å². The van der Waals surface area contributed by atoms with Crippen molar-refractivity contribution in [1.29, 1.82) is 0 Å². The summed E-state index contributed by atoms with van der Waals surface area (Å²) in [5, 5.41) is 10.4. The number of esters is 1. The van der Waals surface area contributed by atoms with Gasteiger partial charge in [-0.1, -0.05) is 0 Å². The van der Waals surface area contributed by atoms with Crippen LogP contribution in [0.5, 0.6) is 0 Å². The molecular weight excluding hydrogens is 160 g/mol. The lowest BCUT2D eigenvalue weighted by Crippen LogP contribution is -2.19. The highest BCUT2D eigenvalue weighted by atomic mass is 16.5. The lowest BCUT2D eigenvalue weighted by atomic mass is 10.3. The summed E-state index contributed by atoms with van der Waals surface area (Å²) in [6, 6.07) is -0.458. The number of hydrogen-bond acceptors (Lipinski definition) is 5. The molecule has 0 aliphatic rings. The third-order valence-corrected chi connectivity index (χ3v) is 1.39. The van der Waals surface area contributed by atoms with E-state index in [1.165, 1.54) is 11.0 Å². The molecule has 0 radical (unpaired) electrons. The van der Waals surface area contributed by atoms with E-state index in [-0.39, 0.29) is 5.97 Å². The Hall–Kier alpha value is -1.46. The number of carbonyl (C=O) groups excluding carboxylic acids is 1. The van der Waals surface area contributed by atoms with Gasteiger partial charge >= 0.3 is 5.97 Å². The molecule has 0 bridgehead atoms. The van der Waals surface area contributed by atoms with Gasteiger partial charge in [-0.25, -0.2) is 9.48 Å². The number of ether oxygens (including phenoxy) is 1. The van der Waals surface area contributed by atoms with Crippen molar-refractivity contribution in [3.63, 3.8) is 0 Å². The molecule has 0 aromatic carbocycles. The zero-order valence-electron chi connectivity index (χ0n) is 6.97. The van der Waals surface area contributed by atoms with Crippen LogP contribution >= 0.6 is 0 Å². The number of carbonyl (C=O) groups is 1. The summed E-state index contributed by atoms with van der Waals surface area (Å²) in [5.74, 6) is -0.329. The molecule has 1 aromatic rings. The van der Waals surface area contributed by atoms with Crippen LogP contribution in [0.25, 0.3) is 0 Å². The van der Waals surface area contributed by atoms with Gasteiger partial charge in [0.2, 0.25) is 0 Å². The topological polar surface area (TPSA) is 69.9 Å². The quantitative estimate of drug-likeness (QED) is 0.587. The van der Waals surface area contributed by atoms with E-state index in [2.05, 4.69) is 15.5 Å². The second-order valence-electron chi connectivity index (χ2n) is 2.22. The number of aromatic nitrogens is 4. The Morgan fingerprint density at radius 1 is 1.75 bits per heavy atom. The Morgan fingerprint density at radius 2 is 2.50 bits per heavy atom. The summed E-state index contributed by atoms with van der Waals surface area (Å²) in [6.07, 6.45) is 1.38. The Morgan fingerprint density at radius 3 is 3.00 bits per heavy atom. The van der Waals surface area contributed by atoms with Gasteiger partial charge in [-0.15, -0.1) is 5.10 Å². The molecule has 12 heavy (non-hydrogen) atoms. The zero-order valence-corrected chi connectivity index (χ0v) is 6.97. The molecule has 6 heteroatoms. The molecule has 0 spiro atoms. The SMILES string of the molecule is CCOC(=O)C(C)n1cnnn1. The fraction of sp³-hybridized carbons (Fsp3) is 0.667. The van der Waals surface area contributed by atoms with E-state index in [0.29, 0.717) is 6.61 Å². The summed E-state index contributed by atoms with van der Waals surface area (Å²) in [5.41, 5.74) is 0. The first-order valence-corrected chi connectivity index (χ1v) is 3.64. The molecule has 1 unspecified atom stereocenters. The van der Waals surface area contributed by atoms with Gasteiger partial charge in [-0.2, -0.15) is 0 Å². The average molecular weight is 170 g/mol. The monoisotopic (exact) mass is 170 g/mol. The van der Waals surface area contributed by atoms with Crippen molar-refractivity contribution in [3.05, 3.63) is 6.33 Å². The van der Waals surface area contributed by atoms with Gasteiger partial charge in [0.15, 0.2) is 0 Å². The first-order chi connectivity index (χ1) is 5.75. The fourth-order valence-corrected chi connectivity index (χ4v) is 0.717. The number of rotatable bonds is 3. The zero-order chi connectivity index (χ0) is 8.97. The minimum atomic E-state index is -0.458. The largest absolute Gasteiger partial charge is 0.464 e. The van der Waals surface area contributed by atoms with Crippen molar-refractivity contribution in [2.75, 3.05) is 6.61 Å². The van der Waals surface area contributed by atoms with E-state index in [1.54, 1.807) is 13.8 Å². The fourth-order valence-electron chi connectivity index (χ4n) is 0.717. The van der Waals surface area contributed by atoms with Crippen LogP contribution in [0.1, 0.15) is 19.9 Å². The molecule has 66 valence electrons. The Labute approximate surface area is 69.5 Å². The second kappa shape index (κ2) is 3.80. The van der Waals surface area contributed by atoms with Crippen LogP contribution in [0.4, 0.5) is 0 Å². The van der Waals surface area contributed by atoms with Crippen LogP contribution in [-0.4, -0.2) is 32.8 Å². The van der Waals surface area contributed by atoms with E-state index < -0.39 is 6.04 Å². The first-order valence-electron chi connectivity index (χ1n) is 3.64.